The van der Waals surface area contributed by atoms with Crippen molar-refractivity contribution in [1.29, 1.82) is 0 Å². The van der Waals surface area contributed by atoms with E-state index in [-0.39, 0.29) is 11.8 Å². The van der Waals surface area contributed by atoms with E-state index in [1.807, 2.05) is 31.9 Å². The molecule has 5 nitrogen and oxygen atoms in total. The van der Waals surface area contributed by atoms with Crippen molar-refractivity contribution in [2.75, 3.05) is 18.5 Å². The van der Waals surface area contributed by atoms with Gasteiger partial charge in [-0.25, -0.2) is 4.98 Å². The molecule has 17 heavy (non-hydrogen) atoms. The summed E-state index contributed by atoms with van der Waals surface area (Å²) in [6.45, 7) is 4.55. The molecule has 1 aromatic heterocycles. The van der Waals surface area contributed by atoms with Crippen LogP contribution in [0.3, 0.4) is 0 Å². The Kier molecular flexibility index (Phi) is 4.74. The maximum Gasteiger partial charge on any atom is 0.143 e. The molecule has 0 fully saturated rings. The summed E-state index contributed by atoms with van der Waals surface area (Å²) in [4.78, 5) is 6.29. The van der Waals surface area contributed by atoms with Crippen molar-refractivity contribution in [2.45, 2.75) is 13.8 Å². The molecule has 6 heteroatoms. The first kappa shape index (κ1) is 13.8. The van der Waals surface area contributed by atoms with Crippen LogP contribution in [0.5, 0.6) is 0 Å². The topological polar surface area (TPSA) is 74.7 Å². The predicted octanol–water partition coefficient (Wildman–Crippen LogP) is 1.97. The van der Waals surface area contributed by atoms with Crippen molar-refractivity contribution in [3.05, 3.63) is 22.3 Å². The van der Waals surface area contributed by atoms with Crippen molar-refractivity contribution in [2.24, 2.45) is 16.8 Å². The van der Waals surface area contributed by atoms with E-state index in [0.717, 1.165) is 15.9 Å². The van der Waals surface area contributed by atoms with E-state index in [9.17, 15) is 0 Å². The molecular weight excluding hydrogens is 284 g/mol. The number of aromatic nitrogens is 1. The third kappa shape index (κ3) is 3.59. The van der Waals surface area contributed by atoms with Crippen LogP contribution < -0.4 is 10.6 Å². The number of rotatable bonds is 4. The smallest absolute Gasteiger partial charge is 0.143 e. The van der Waals surface area contributed by atoms with E-state index in [0.29, 0.717) is 6.54 Å². The Labute approximate surface area is 109 Å². The van der Waals surface area contributed by atoms with Crippen molar-refractivity contribution < 1.29 is 5.21 Å². The van der Waals surface area contributed by atoms with E-state index in [1.54, 1.807) is 6.20 Å². The van der Waals surface area contributed by atoms with Gasteiger partial charge in [0, 0.05) is 30.2 Å². The van der Waals surface area contributed by atoms with Crippen LogP contribution in [-0.2, 0) is 0 Å². The molecule has 0 saturated carbocycles. The Bertz CT molecular complexity index is 422. The summed E-state index contributed by atoms with van der Waals surface area (Å²) >= 11 is 3.41. The normalized spacial score (nSPS) is 13.5. The first-order chi connectivity index (χ1) is 7.95. The molecule has 1 heterocycles. The summed E-state index contributed by atoms with van der Waals surface area (Å²) in [5.74, 6) is 1.06. The summed E-state index contributed by atoms with van der Waals surface area (Å²) in [5.41, 5.74) is 6.67. The second kappa shape index (κ2) is 5.86. The Balaban J connectivity index is 2.76. The summed E-state index contributed by atoms with van der Waals surface area (Å²) in [6.07, 6.45) is 1.77. The maximum absolute atomic E-state index is 8.59. The first-order valence-corrected chi connectivity index (χ1v) is 6.05. The lowest BCUT2D eigenvalue weighted by Crippen LogP contribution is -2.33. The minimum Gasteiger partial charge on any atom is -0.409 e. The van der Waals surface area contributed by atoms with Gasteiger partial charge in [-0.15, -0.1) is 0 Å². The van der Waals surface area contributed by atoms with Crippen LogP contribution in [-0.4, -0.2) is 29.6 Å². The van der Waals surface area contributed by atoms with Gasteiger partial charge in [0.15, 0.2) is 0 Å². The van der Waals surface area contributed by atoms with Crippen LogP contribution in [0.15, 0.2) is 21.9 Å². The Hall–Kier alpha value is -1.30. The minimum absolute atomic E-state index is 0.0317. The fourth-order valence-electron chi connectivity index (χ4n) is 1.43. The quantitative estimate of drug-likeness (QED) is 0.386. The summed E-state index contributed by atoms with van der Waals surface area (Å²) in [5, 5.41) is 11.6. The summed E-state index contributed by atoms with van der Waals surface area (Å²) < 4.78 is 0.985. The predicted molar refractivity (Wildman–Crippen MR) is 72.5 cm³/mol. The van der Waals surface area contributed by atoms with Gasteiger partial charge in [0.2, 0.25) is 0 Å². The van der Waals surface area contributed by atoms with Crippen LogP contribution in [0.25, 0.3) is 0 Å². The molecule has 0 saturated heterocycles. The molecule has 0 amide bonds. The molecule has 0 aliphatic heterocycles. The van der Waals surface area contributed by atoms with Crippen LogP contribution in [0, 0.1) is 12.8 Å². The largest absolute Gasteiger partial charge is 0.409 e. The van der Waals surface area contributed by atoms with E-state index in [4.69, 9.17) is 10.9 Å². The first-order valence-electron chi connectivity index (χ1n) is 5.26. The Morgan fingerprint density at radius 1 is 1.71 bits per heavy atom. The van der Waals surface area contributed by atoms with Gasteiger partial charge in [-0.05, 0) is 34.5 Å². The van der Waals surface area contributed by atoms with Crippen LogP contribution in [0.4, 0.5) is 5.82 Å². The number of halogens is 1. The van der Waals surface area contributed by atoms with E-state index in [2.05, 4.69) is 26.1 Å². The number of pyridine rings is 1. The van der Waals surface area contributed by atoms with Crippen molar-refractivity contribution in [3.63, 3.8) is 0 Å². The SMILES string of the molecule is Cc1cc(N(C)CC(C)/C(N)=N/O)ncc1Br. The lowest BCUT2D eigenvalue weighted by Gasteiger charge is -2.22. The molecule has 0 aliphatic rings. The van der Waals surface area contributed by atoms with Gasteiger partial charge in [-0.3, -0.25) is 0 Å². The van der Waals surface area contributed by atoms with Crippen LogP contribution in [0.1, 0.15) is 12.5 Å². The lowest BCUT2D eigenvalue weighted by atomic mass is 10.1. The molecular formula is C11H17BrN4O. The van der Waals surface area contributed by atoms with E-state index in [1.165, 1.54) is 0 Å². The highest BCUT2D eigenvalue weighted by Crippen LogP contribution is 2.19. The Morgan fingerprint density at radius 3 is 2.88 bits per heavy atom. The molecule has 94 valence electrons. The monoisotopic (exact) mass is 300 g/mol. The molecule has 1 atom stereocenters. The minimum atomic E-state index is -0.0317. The van der Waals surface area contributed by atoms with Crippen molar-refractivity contribution in [1.82, 2.24) is 4.98 Å². The van der Waals surface area contributed by atoms with Gasteiger partial charge < -0.3 is 15.8 Å². The summed E-state index contributed by atoms with van der Waals surface area (Å²) in [6, 6.07) is 1.99. The average Bonchev–Trinajstić information content (AvgIpc) is 2.31. The molecule has 1 aromatic rings. The van der Waals surface area contributed by atoms with Crippen molar-refractivity contribution >= 4 is 27.6 Å². The molecule has 1 unspecified atom stereocenters. The van der Waals surface area contributed by atoms with Crippen LogP contribution in [0.2, 0.25) is 0 Å². The number of nitrogens with two attached hydrogens (primary N) is 1. The molecule has 0 bridgehead atoms. The van der Waals surface area contributed by atoms with E-state index >= 15 is 0 Å². The van der Waals surface area contributed by atoms with Gasteiger partial charge in [0.1, 0.15) is 11.7 Å². The van der Waals surface area contributed by atoms with Gasteiger partial charge in [0.05, 0.1) is 0 Å². The highest BCUT2D eigenvalue weighted by atomic mass is 79.9. The Morgan fingerprint density at radius 2 is 2.35 bits per heavy atom. The second-order valence-electron chi connectivity index (χ2n) is 4.10. The summed E-state index contributed by atoms with van der Waals surface area (Å²) in [7, 11) is 1.93. The van der Waals surface area contributed by atoms with Crippen LogP contribution >= 0.6 is 15.9 Å². The molecule has 1 rings (SSSR count). The van der Waals surface area contributed by atoms with Crippen molar-refractivity contribution in [3.8, 4) is 0 Å². The molecule has 0 aliphatic carbocycles. The lowest BCUT2D eigenvalue weighted by molar-refractivity contribution is 0.314. The second-order valence-corrected chi connectivity index (χ2v) is 4.95. The number of hydrogen-bond acceptors (Lipinski definition) is 4. The molecule has 0 radical (unpaired) electrons. The van der Waals surface area contributed by atoms with Gasteiger partial charge in [-0.1, -0.05) is 12.1 Å². The third-order valence-corrected chi connectivity index (χ3v) is 3.42. The highest BCUT2D eigenvalue weighted by Gasteiger charge is 2.12. The zero-order valence-electron chi connectivity index (χ0n) is 10.2. The molecule has 3 N–H and O–H groups in total. The molecule has 0 aromatic carbocycles. The standard InChI is InChI=1S/C11H17BrN4O/c1-7-4-10(14-5-9(7)12)16(3)6-8(2)11(13)15-17/h4-5,8,17H,6H2,1-3H3,(H2,13,15). The number of aryl methyl sites for hydroxylation is 1. The van der Waals surface area contributed by atoms with E-state index < -0.39 is 0 Å². The number of oxime groups is 1. The highest BCUT2D eigenvalue weighted by molar-refractivity contribution is 9.10. The molecule has 0 spiro atoms. The maximum atomic E-state index is 8.59. The van der Waals surface area contributed by atoms with Gasteiger partial charge >= 0.3 is 0 Å². The third-order valence-electron chi connectivity index (χ3n) is 2.59. The fourth-order valence-corrected chi connectivity index (χ4v) is 1.65. The number of anilines is 1. The van der Waals surface area contributed by atoms with Gasteiger partial charge in [0.25, 0.3) is 0 Å². The fraction of sp³-hybridized carbons (Fsp3) is 0.455. The zero-order chi connectivity index (χ0) is 13.0. The number of hydrogen-bond donors (Lipinski definition) is 2. The zero-order valence-corrected chi connectivity index (χ0v) is 11.8. The van der Waals surface area contributed by atoms with Gasteiger partial charge in [-0.2, -0.15) is 0 Å². The number of amidine groups is 1. The number of nitrogens with zero attached hydrogens (tertiary/aromatic N) is 3. The average molecular weight is 301 g/mol.